The number of likely N-dealkylation sites (tertiary alicyclic amines) is 1. The van der Waals surface area contributed by atoms with Crippen molar-refractivity contribution in [3.05, 3.63) is 57.8 Å². The van der Waals surface area contributed by atoms with E-state index in [-0.39, 0.29) is 23.4 Å². The summed E-state index contributed by atoms with van der Waals surface area (Å²) in [7, 11) is 3.57. The monoisotopic (exact) mass is 411 g/mol. The minimum absolute atomic E-state index is 0.107. The van der Waals surface area contributed by atoms with Crippen LogP contribution in [0.15, 0.2) is 36.5 Å². The molecule has 2 aromatic rings. The van der Waals surface area contributed by atoms with E-state index in [0.717, 1.165) is 5.56 Å². The van der Waals surface area contributed by atoms with Crippen LogP contribution >= 0.6 is 0 Å². The second-order valence-electron chi connectivity index (χ2n) is 7.63. The zero-order chi connectivity index (χ0) is 21.8. The minimum Gasteiger partial charge on any atom is -0.377 e. The van der Waals surface area contributed by atoms with Crippen molar-refractivity contribution in [3.63, 3.8) is 0 Å². The van der Waals surface area contributed by atoms with Crippen molar-refractivity contribution >= 4 is 29.0 Å². The highest BCUT2D eigenvalue weighted by Gasteiger charge is 2.30. The third-order valence-corrected chi connectivity index (χ3v) is 5.22. The molecule has 1 saturated heterocycles. The van der Waals surface area contributed by atoms with Gasteiger partial charge in [0.25, 0.3) is 11.6 Å². The number of nitro benzene ring substituents is 1. The topological polar surface area (TPSA) is 109 Å². The van der Waals surface area contributed by atoms with Crippen LogP contribution in [0.1, 0.15) is 28.8 Å². The van der Waals surface area contributed by atoms with Crippen LogP contribution in [0.2, 0.25) is 0 Å². The summed E-state index contributed by atoms with van der Waals surface area (Å²) in [4.78, 5) is 43.8. The van der Waals surface area contributed by atoms with Crippen LogP contribution in [0.3, 0.4) is 0 Å². The molecule has 2 heterocycles. The van der Waals surface area contributed by atoms with Crippen molar-refractivity contribution in [2.24, 2.45) is 5.92 Å². The highest BCUT2D eigenvalue weighted by Crippen LogP contribution is 2.28. The number of hydrogen-bond acceptors (Lipinski definition) is 6. The van der Waals surface area contributed by atoms with Crippen molar-refractivity contribution in [1.82, 2.24) is 9.88 Å². The zero-order valence-corrected chi connectivity index (χ0v) is 17.3. The fourth-order valence-electron chi connectivity index (χ4n) is 3.55. The average Bonchev–Trinajstić information content (AvgIpc) is 2.72. The number of nitrogens with one attached hydrogen (secondary N) is 1. The van der Waals surface area contributed by atoms with Gasteiger partial charge in [0.05, 0.1) is 10.5 Å². The van der Waals surface area contributed by atoms with Crippen LogP contribution in [-0.4, -0.2) is 53.8 Å². The van der Waals surface area contributed by atoms with E-state index in [9.17, 15) is 19.7 Å². The number of amides is 2. The number of pyridine rings is 1. The van der Waals surface area contributed by atoms with Crippen molar-refractivity contribution in [2.45, 2.75) is 19.8 Å². The Balaban J connectivity index is 1.67. The Hall–Kier alpha value is -3.49. The number of benzene rings is 1. The van der Waals surface area contributed by atoms with Crippen LogP contribution in [0, 0.1) is 23.0 Å². The number of carbonyl (C=O) groups is 2. The molecule has 1 fully saturated rings. The van der Waals surface area contributed by atoms with E-state index in [1.54, 1.807) is 36.2 Å². The summed E-state index contributed by atoms with van der Waals surface area (Å²) in [6.45, 7) is 2.75. The van der Waals surface area contributed by atoms with Crippen molar-refractivity contribution in [1.29, 1.82) is 0 Å². The van der Waals surface area contributed by atoms with Crippen LogP contribution in [0.5, 0.6) is 0 Å². The lowest BCUT2D eigenvalue weighted by molar-refractivity contribution is -0.384. The lowest BCUT2D eigenvalue weighted by Gasteiger charge is -2.32. The van der Waals surface area contributed by atoms with Gasteiger partial charge in [-0.15, -0.1) is 0 Å². The molecule has 0 atom stereocenters. The minimum atomic E-state index is -0.508. The van der Waals surface area contributed by atoms with Gasteiger partial charge in [-0.25, -0.2) is 4.98 Å². The summed E-state index contributed by atoms with van der Waals surface area (Å²) in [5.41, 5.74) is 1.80. The molecular weight excluding hydrogens is 386 g/mol. The molecule has 0 aliphatic carbocycles. The summed E-state index contributed by atoms with van der Waals surface area (Å²) in [5.74, 6) is -0.0633. The summed E-state index contributed by atoms with van der Waals surface area (Å²) < 4.78 is 0. The molecule has 1 aliphatic rings. The number of hydrogen-bond donors (Lipinski definition) is 1. The Morgan fingerprint density at radius 1 is 1.20 bits per heavy atom. The van der Waals surface area contributed by atoms with Crippen LogP contribution in [0.25, 0.3) is 0 Å². The lowest BCUT2D eigenvalue weighted by atomic mass is 9.95. The van der Waals surface area contributed by atoms with Gasteiger partial charge < -0.3 is 15.1 Å². The van der Waals surface area contributed by atoms with E-state index in [0.29, 0.717) is 43.0 Å². The molecule has 9 heteroatoms. The average molecular weight is 411 g/mol. The third kappa shape index (κ3) is 4.73. The third-order valence-electron chi connectivity index (χ3n) is 5.22. The van der Waals surface area contributed by atoms with Gasteiger partial charge in [0.15, 0.2) is 0 Å². The fraction of sp³-hybridized carbons (Fsp3) is 0.381. The van der Waals surface area contributed by atoms with Crippen molar-refractivity contribution in [3.8, 4) is 0 Å². The smallest absolute Gasteiger partial charge is 0.270 e. The first kappa shape index (κ1) is 21.2. The molecule has 3 rings (SSSR count). The molecule has 0 spiro atoms. The molecule has 0 bridgehead atoms. The number of aromatic nitrogens is 1. The quantitative estimate of drug-likeness (QED) is 0.599. The van der Waals surface area contributed by atoms with Gasteiger partial charge in [0.1, 0.15) is 5.82 Å². The van der Waals surface area contributed by atoms with Crippen molar-refractivity contribution in [2.75, 3.05) is 37.4 Å². The number of rotatable bonds is 5. The molecule has 1 aliphatic heterocycles. The van der Waals surface area contributed by atoms with Gasteiger partial charge in [-0.2, -0.15) is 0 Å². The van der Waals surface area contributed by atoms with Crippen LogP contribution in [0.4, 0.5) is 17.2 Å². The second-order valence-corrected chi connectivity index (χ2v) is 7.63. The normalized spacial score (nSPS) is 14.3. The predicted molar refractivity (Wildman–Crippen MR) is 114 cm³/mol. The van der Waals surface area contributed by atoms with Gasteiger partial charge in [0.2, 0.25) is 5.91 Å². The number of piperidine rings is 1. The van der Waals surface area contributed by atoms with Crippen molar-refractivity contribution < 1.29 is 14.5 Å². The number of nitro groups is 1. The molecule has 1 aromatic carbocycles. The molecule has 1 aromatic heterocycles. The van der Waals surface area contributed by atoms with Crippen LogP contribution in [-0.2, 0) is 4.79 Å². The maximum absolute atomic E-state index is 13.1. The number of carbonyl (C=O) groups excluding carboxylic acids is 2. The molecular formula is C21H25N5O4. The zero-order valence-electron chi connectivity index (χ0n) is 17.3. The van der Waals surface area contributed by atoms with E-state index in [1.807, 2.05) is 19.1 Å². The number of anilines is 2. The summed E-state index contributed by atoms with van der Waals surface area (Å²) in [6, 6.07) is 7.96. The highest BCUT2D eigenvalue weighted by molar-refractivity contribution is 6.00. The molecule has 1 N–H and O–H groups in total. The van der Waals surface area contributed by atoms with Crippen LogP contribution < -0.4 is 10.2 Å². The Labute approximate surface area is 174 Å². The summed E-state index contributed by atoms with van der Waals surface area (Å²) >= 11 is 0. The predicted octanol–water partition coefficient (Wildman–Crippen LogP) is 2.86. The number of non-ortho nitro benzene ring substituents is 1. The van der Waals surface area contributed by atoms with Gasteiger partial charge in [0, 0.05) is 57.1 Å². The molecule has 0 saturated carbocycles. The SMILES string of the molecule is Cc1ccnc(NC(=O)C2CCN(C(=O)c3cc([N+](=O)[O-])ccc3N(C)C)CC2)c1. The van der Waals surface area contributed by atoms with E-state index in [4.69, 9.17) is 0 Å². The Morgan fingerprint density at radius 2 is 1.90 bits per heavy atom. The molecule has 0 radical (unpaired) electrons. The van der Waals surface area contributed by atoms with E-state index >= 15 is 0 Å². The fourth-order valence-corrected chi connectivity index (χ4v) is 3.55. The second kappa shape index (κ2) is 8.89. The first-order valence-corrected chi connectivity index (χ1v) is 9.75. The first-order valence-electron chi connectivity index (χ1n) is 9.75. The van der Waals surface area contributed by atoms with Gasteiger partial charge >= 0.3 is 0 Å². The standard InChI is InChI=1S/C21H25N5O4/c1-14-6-9-22-19(12-14)23-20(27)15-7-10-25(11-8-15)21(28)17-13-16(26(29)30)4-5-18(17)24(2)3/h4-6,9,12-13,15H,7-8,10-11H2,1-3H3,(H,22,23,27). The largest absolute Gasteiger partial charge is 0.377 e. The van der Waals surface area contributed by atoms with Gasteiger partial charge in [-0.3, -0.25) is 19.7 Å². The van der Waals surface area contributed by atoms with E-state index < -0.39 is 4.92 Å². The van der Waals surface area contributed by atoms with E-state index in [1.165, 1.54) is 12.1 Å². The summed E-state index contributed by atoms with van der Waals surface area (Å²) in [6.07, 6.45) is 2.69. The highest BCUT2D eigenvalue weighted by atomic mass is 16.6. The Kier molecular flexibility index (Phi) is 6.29. The van der Waals surface area contributed by atoms with Gasteiger partial charge in [-0.1, -0.05) is 0 Å². The molecule has 0 unspecified atom stereocenters. The molecule has 30 heavy (non-hydrogen) atoms. The Bertz CT molecular complexity index is 968. The maximum Gasteiger partial charge on any atom is 0.270 e. The number of nitrogens with zero attached hydrogens (tertiary/aromatic N) is 4. The molecule has 9 nitrogen and oxygen atoms in total. The summed E-state index contributed by atoms with van der Waals surface area (Å²) in [5, 5.41) is 14.0. The molecule has 2 amide bonds. The first-order chi connectivity index (χ1) is 14.3. The molecule has 158 valence electrons. The maximum atomic E-state index is 13.1. The van der Waals surface area contributed by atoms with E-state index in [2.05, 4.69) is 10.3 Å². The van der Waals surface area contributed by atoms with Gasteiger partial charge in [-0.05, 0) is 43.5 Å². The lowest BCUT2D eigenvalue weighted by Crippen LogP contribution is -2.41. The Morgan fingerprint density at radius 3 is 2.50 bits per heavy atom. The number of aryl methyl sites for hydroxylation is 1.